The Morgan fingerprint density at radius 3 is 2.13 bits per heavy atom. The quantitative estimate of drug-likeness (QED) is 0.725. The minimum Gasteiger partial charge on any atom is -0.481 e. The van der Waals surface area contributed by atoms with Gasteiger partial charge in [-0.05, 0) is 25.7 Å². The van der Waals surface area contributed by atoms with Gasteiger partial charge in [0.15, 0.2) is 0 Å². The van der Waals surface area contributed by atoms with E-state index in [-0.39, 0.29) is 17.9 Å². The summed E-state index contributed by atoms with van der Waals surface area (Å²) in [5, 5.41) is 11.7. The molecule has 1 saturated carbocycles. The fourth-order valence-corrected chi connectivity index (χ4v) is 1.91. The van der Waals surface area contributed by atoms with E-state index in [9.17, 15) is 9.59 Å². The van der Waals surface area contributed by atoms with Gasteiger partial charge in [-0.3, -0.25) is 9.59 Å². The Kier molecular flexibility index (Phi) is 4.12. The SMILES string of the molecule is CCC(CC)NC(=O)C1CCC1C(=O)O. The summed E-state index contributed by atoms with van der Waals surface area (Å²) < 4.78 is 0. The molecule has 0 spiro atoms. The third-order valence-electron chi connectivity index (χ3n) is 3.26. The first-order chi connectivity index (χ1) is 7.10. The molecule has 1 rings (SSSR count). The number of carboxylic acids is 1. The highest BCUT2D eigenvalue weighted by molar-refractivity contribution is 5.86. The largest absolute Gasteiger partial charge is 0.481 e. The van der Waals surface area contributed by atoms with Gasteiger partial charge in [0.25, 0.3) is 0 Å². The van der Waals surface area contributed by atoms with E-state index in [0.29, 0.717) is 12.8 Å². The first kappa shape index (κ1) is 12.0. The molecule has 1 aliphatic rings. The molecule has 0 aromatic heterocycles. The van der Waals surface area contributed by atoms with E-state index in [4.69, 9.17) is 5.11 Å². The van der Waals surface area contributed by atoms with Crippen molar-refractivity contribution in [3.8, 4) is 0 Å². The van der Waals surface area contributed by atoms with Crippen molar-refractivity contribution in [1.82, 2.24) is 5.32 Å². The number of carboxylic acid groups (broad SMARTS) is 1. The lowest BCUT2D eigenvalue weighted by atomic mass is 9.73. The average molecular weight is 213 g/mol. The monoisotopic (exact) mass is 213 g/mol. The number of aliphatic carboxylic acids is 1. The summed E-state index contributed by atoms with van der Waals surface area (Å²) in [5.41, 5.74) is 0. The van der Waals surface area contributed by atoms with Gasteiger partial charge in [0.05, 0.1) is 11.8 Å². The summed E-state index contributed by atoms with van der Waals surface area (Å²) in [6, 6.07) is 0.188. The molecule has 0 aliphatic heterocycles. The molecule has 0 aromatic carbocycles. The summed E-state index contributed by atoms with van der Waals surface area (Å²) in [4.78, 5) is 22.4. The number of carbonyl (C=O) groups is 2. The Balaban J connectivity index is 2.44. The van der Waals surface area contributed by atoms with Gasteiger partial charge in [0, 0.05) is 6.04 Å². The van der Waals surface area contributed by atoms with Crippen molar-refractivity contribution in [3.05, 3.63) is 0 Å². The molecule has 2 unspecified atom stereocenters. The van der Waals surface area contributed by atoms with Crippen molar-refractivity contribution >= 4 is 11.9 Å². The Morgan fingerprint density at radius 2 is 1.80 bits per heavy atom. The van der Waals surface area contributed by atoms with Gasteiger partial charge in [-0.2, -0.15) is 0 Å². The van der Waals surface area contributed by atoms with Crippen molar-refractivity contribution in [2.24, 2.45) is 11.8 Å². The number of hydrogen-bond donors (Lipinski definition) is 2. The highest BCUT2D eigenvalue weighted by Crippen LogP contribution is 2.34. The van der Waals surface area contributed by atoms with Crippen LogP contribution in [0.4, 0.5) is 0 Å². The van der Waals surface area contributed by atoms with E-state index in [0.717, 1.165) is 12.8 Å². The average Bonchev–Trinajstić information content (AvgIpc) is 2.11. The molecular formula is C11H19NO3. The molecule has 4 heteroatoms. The van der Waals surface area contributed by atoms with Crippen molar-refractivity contribution < 1.29 is 14.7 Å². The van der Waals surface area contributed by atoms with Crippen molar-refractivity contribution in [2.75, 3.05) is 0 Å². The molecular weight excluding hydrogens is 194 g/mol. The van der Waals surface area contributed by atoms with E-state index >= 15 is 0 Å². The maximum atomic E-state index is 11.7. The lowest BCUT2D eigenvalue weighted by Gasteiger charge is -2.33. The molecule has 1 fully saturated rings. The third kappa shape index (κ3) is 2.70. The van der Waals surface area contributed by atoms with Crippen LogP contribution < -0.4 is 5.32 Å². The molecule has 0 heterocycles. The lowest BCUT2D eigenvalue weighted by molar-refractivity contribution is -0.153. The van der Waals surface area contributed by atoms with Gasteiger partial charge in [0.1, 0.15) is 0 Å². The van der Waals surface area contributed by atoms with Crippen LogP contribution in [-0.2, 0) is 9.59 Å². The molecule has 0 saturated heterocycles. The molecule has 4 nitrogen and oxygen atoms in total. The maximum Gasteiger partial charge on any atom is 0.307 e. The van der Waals surface area contributed by atoms with E-state index in [1.54, 1.807) is 0 Å². The Morgan fingerprint density at radius 1 is 1.27 bits per heavy atom. The third-order valence-corrected chi connectivity index (χ3v) is 3.26. The van der Waals surface area contributed by atoms with Crippen LogP contribution in [0.2, 0.25) is 0 Å². The number of rotatable bonds is 5. The van der Waals surface area contributed by atoms with Gasteiger partial charge in [-0.15, -0.1) is 0 Å². The molecule has 15 heavy (non-hydrogen) atoms. The number of nitrogens with one attached hydrogen (secondary N) is 1. The number of amides is 1. The van der Waals surface area contributed by atoms with Crippen LogP contribution in [0.5, 0.6) is 0 Å². The van der Waals surface area contributed by atoms with E-state index in [1.807, 2.05) is 13.8 Å². The molecule has 0 bridgehead atoms. The Labute approximate surface area is 90.0 Å². The summed E-state index contributed by atoms with van der Waals surface area (Å²) in [5.74, 6) is -1.68. The van der Waals surface area contributed by atoms with Crippen LogP contribution in [0.25, 0.3) is 0 Å². The van der Waals surface area contributed by atoms with Gasteiger partial charge >= 0.3 is 5.97 Å². The van der Waals surface area contributed by atoms with Crippen molar-refractivity contribution in [2.45, 2.75) is 45.6 Å². The normalized spacial score (nSPS) is 24.7. The van der Waals surface area contributed by atoms with E-state index < -0.39 is 11.9 Å². The highest BCUT2D eigenvalue weighted by Gasteiger charge is 2.41. The van der Waals surface area contributed by atoms with Gasteiger partial charge in [-0.25, -0.2) is 0 Å². The molecule has 0 aromatic rings. The van der Waals surface area contributed by atoms with E-state index in [2.05, 4.69) is 5.32 Å². The van der Waals surface area contributed by atoms with Crippen LogP contribution in [0.3, 0.4) is 0 Å². The van der Waals surface area contributed by atoms with Gasteiger partial charge < -0.3 is 10.4 Å². The van der Waals surface area contributed by atoms with Crippen LogP contribution in [0.15, 0.2) is 0 Å². The zero-order valence-electron chi connectivity index (χ0n) is 9.32. The fourth-order valence-electron chi connectivity index (χ4n) is 1.91. The number of carbonyl (C=O) groups excluding carboxylic acids is 1. The maximum absolute atomic E-state index is 11.7. The molecule has 1 aliphatic carbocycles. The first-order valence-corrected chi connectivity index (χ1v) is 5.63. The second-order valence-corrected chi connectivity index (χ2v) is 4.15. The minimum absolute atomic E-state index is 0.0812. The van der Waals surface area contributed by atoms with Crippen molar-refractivity contribution in [1.29, 1.82) is 0 Å². The lowest BCUT2D eigenvalue weighted by Crippen LogP contribution is -2.47. The fraction of sp³-hybridized carbons (Fsp3) is 0.818. The Hall–Kier alpha value is -1.06. The topological polar surface area (TPSA) is 66.4 Å². The summed E-state index contributed by atoms with van der Waals surface area (Å²) >= 11 is 0. The smallest absolute Gasteiger partial charge is 0.307 e. The van der Waals surface area contributed by atoms with Gasteiger partial charge in [-0.1, -0.05) is 13.8 Å². The van der Waals surface area contributed by atoms with Gasteiger partial charge in [0.2, 0.25) is 5.91 Å². The van der Waals surface area contributed by atoms with Crippen LogP contribution in [0.1, 0.15) is 39.5 Å². The molecule has 2 atom stereocenters. The van der Waals surface area contributed by atoms with Crippen LogP contribution in [0, 0.1) is 11.8 Å². The second kappa shape index (κ2) is 5.14. The van der Waals surface area contributed by atoms with Crippen LogP contribution in [-0.4, -0.2) is 23.0 Å². The molecule has 86 valence electrons. The zero-order chi connectivity index (χ0) is 11.4. The van der Waals surface area contributed by atoms with E-state index in [1.165, 1.54) is 0 Å². The highest BCUT2D eigenvalue weighted by atomic mass is 16.4. The summed E-state index contributed by atoms with van der Waals surface area (Å²) in [7, 11) is 0. The standard InChI is InChI=1S/C11H19NO3/c1-3-7(4-2)12-10(13)8-5-6-9(8)11(14)15/h7-9H,3-6H2,1-2H3,(H,12,13)(H,14,15). The zero-order valence-corrected chi connectivity index (χ0v) is 9.32. The molecule has 1 amide bonds. The Bertz CT molecular complexity index is 248. The molecule has 2 N–H and O–H groups in total. The van der Waals surface area contributed by atoms with Crippen LogP contribution >= 0.6 is 0 Å². The predicted octanol–water partition coefficient (Wildman–Crippen LogP) is 1.40. The number of hydrogen-bond acceptors (Lipinski definition) is 2. The first-order valence-electron chi connectivity index (χ1n) is 5.63. The van der Waals surface area contributed by atoms with Crippen molar-refractivity contribution in [3.63, 3.8) is 0 Å². The predicted molar refractivity (Wildman–Crippen MR) is 56.4 cm³/mol. The molecule has 0 radical (unpaired) electrons. The minimum atomic E-state index is -0.842. The summed E-state index contributed by atoms with van der Waals surface area (Å²) in [6.45, 7) is 4.04. The summed E-state index contributed by atoms with van der Waals surface area (Å²) in [6.07, 6.45) is 3.14. The second-order valence-electron chi connectivity index (χ2n) is 4.15.